The summed E-state index contributed by atoms with van der Waals surface area (Å²) in [4.78, 5) is 0. The van der Waals surface area contributed by atoms with Crippen LogP contribution in [0.15, 0.2) is 18.2 Å². The van der Waals surface area contributed by atoms with Crippen molar-refractivity contribution in [3.63, 3.8) is 0 Å². The number of benzene rings is 1. The highest BCUT2D eigenvalue weighted by atomic mass is 32.2. The van der Waals surface area contributed by atoms with E-state index in [2.05, 4.69) is 0 Å². The van der Waals surface area contributed by atoms with Gasteiger partial charge in [-0.3, -0.25) is 0 Å². The lowest BCUT2D eigenvalue weighted by Crippen LogP contribution is -2.15. The molecule has 0 saturated carbocycles. The number of hydrogen-bond donors (Lipinski definition) is 1. The van der Waals surface area contributed by atoms with E-state index in [1.807, 2.05) is 0 Å². The fourth-order valence-corrected chi connectivity index (χ4v) is 3.90. The Hall–Kier alpha value is -1.01. The van der Waals surface area contributed by atoms with E-state index in [-0.39, 0.29) is 23.5 Å². The van der Waals surface area contributed by atoms with Crippen molar-refractivity contribution in [2.45, 2.75) is 12.5 Å². The van der Waals surface area contributed by atoms with Gasteiger partial charge in [-0.15, -0.1) is 0 Å². The number of rotatable bonds is 2. The van der Waals surface area contributed by atoms with Crippen LogP contribution in [0.1, 0.15) is 18.1 Å². The summed E-state index contributed by atoms with van der Waals surface area (Å²) in [5.74, 6) is -2.11. The van der Waals surface area contributed by atoms with Gasteiger partial charge >= 0.3 is 0 Å². The van der Waals surface area contributed by atoms with Crippen molar-refractivity contribution in [3.8, 4) is 0 Å². The third kappa shape index (κ3) is 2.63. The molecule has 1 aromatic carbocycles. The molecule has 1 aliphatic rings. The molecule has 0 aromatic heterocycles. The Labute approximate surface area is 98.0 Å². The number of hydrogen-bond acceptors (Lipinski definition) is 3. The van der Waals surface area contributed by atoms with Crippen LogP contribution in [0.25, 0.3) is 0 Å². The minimum atomic E-state index is -3.15. The Balaban J connectivity index is 2.26. The molecule has 6 heteroatoms. The topological polar surface area (TPSA) is 54.4 Å². The Kier molecular flexibility index (Phi) is 3.18. The summed E-state index contributed by atoms with van der Waals surface area (Å²) in [7, 11) is -3.15. The monoisotopic (exact) mass is 262 g/mol. The van der Waals surface area contributed by atoms with Gasteiger partial charge in [0.05, 0.1) is 17.6 Å². The average molecular weight is 262 g/mol. The molecule has 1 saturated heterocycles. The molecule has 2 atom stereocenters. The van der Waals surface area contributed by atoms with Crippen LogP contribution in [0.5, 0.6) is 0 Å². The predicted octanol–water partition coefficient (Wildman–Crippen LogP) is 1.43. The molecule has 94 valence electrons. The lowest BCUT2D eigenvalue weighted by atomic mass is 9.95. The molecule has 1 aliphatic heterocycles. The summed E-state index contributed by atoms with van der Waals surface area (Å²) in [5.41, 5.74) is -0.174. The highest BCUT2D eigenvalue weighted by Crippen LogP contribution is 2.32. The van der Waals surface area contributed by atoms with Gasteiger partial charge in [-0.2, -0.15) is 0 Å². The number of aliphatic hydroxyl groups is 1. The molecule has 1 fully saturated rings. The first-order chi connectivity index (χ1) is 7.89. The van der Waals surface area contributed by atoms with E-state index in [4.69, 9.17) is 0 Å². The first-order valence-electron chi connectivity index (χ1n) is 5.22. The maximum absolute atomic E-state index is 13.4. The van der Waals surface area contributed by atoms with Gasteiger partial charge in [0.2, 0.25) is 0 Å². The van der Waals surface area contributed by atoms with Gasteiger partial charge in [-0.05, 0) is 24.6 Å². The quantitative estimate of drug-likeness (QED) is 0.877. The van der Waals surface area contributed by atoms with Crippen molar-refractivity contribution < 1.29 is 22.3 Å². The largest absolute Gasteiger partial charge is 0.388 e. The van der Waals surface area contributed by atoms with E-state index in [0.29, 0.717) is 0 Å². The lowest BCUT2D eigenvalue weighted by Gasteiger charge is -2.17. The molecule has 3 nitrogen and oxygen atoms in total. The molecule has 0 spiro atoms. The predicted molar refractivity (Wildman–Crippen MR) is 58.1 cm³/mol. The van der Waals surface area contributed by atoms with Gasteiger partial charge in [0.1, 0.15) is 11.6 Å². The van der Waals surface area contributed by atoms with Crippen LogP contribution in [-0.2, 0) is 9.84 Å². The van der Waals surface area contributed by atoms with Crippen LogP contribution >= 0.6 is 0 Å². The van der Waals surface area contributed by atoms with Crippen molar-refractivity contribution in [3.05, 3.63) is 35.4 Å². The van der Waals surface area contributed by atoms with E-state index < -0.39 is 33.5 Å². The van der Waals surface area contributed by atoms with Crippen molar-refractivity contribution >= 4 is 9.84 Å². The Bertz CT molecular complexity index is 528. The molecule has 1 aromatic rings. The lowest BCUT2D eigenvalue weighted by molar-refractivity contribution is 0.116. The highest BCUT2D eigenvalue weighted by Gasteiger charge is 2.34. The second-order valence-electron chi connectivity index (χ2n) is 4.27. The molecule has 0 aliphatic carbocycles. The third-order valence-electron chi connectivity index (χ3n) is 2.99. The minimum Gasteiger partial charge on any atom is -0.388 e. The van der Waals surface area contributed by atoms with Crippen LogP contribution in [0.4, 0.5) is 8.78 Å². The summed E-state index contributed by atoms with van der Waals surface area (Å²) in [5, 5.41) is 9.89. The smallest absolute Gasteiger partial charge is 0.150 e. The van der Waals surface area contributed by atoms with Crippen LogP contribution < -0.4 is 0 Å². The number of aliphatic hydroxyl groups excluding tert-OH is 1. The maximum Gasteiger partial charge on any atom is 0.150 e. The van der Waals surface area contributed by atoms with E-state index in [9.17, 15) is 22.3 Å². The summed E-state index contributed by atoms with van der Waals surface area (Å²) < 4.78 is 48.8. The van der Waals surface area contributed by atoms with Crippen molar-refractivity contribution in [2.75, 3.05) is 11.5 Å². The van der Waals surface area contributed by atoms with Gasteiger partial charge in [0.15, 0.2) is 9.84 Å². The summed E-state index contributed by atoms with van der Waals surface area (Å²) in [6.07, 6.45) is -0.998. The van der Waals surface area contributed by atoms with Crippen LogP contribution in [0, 0.1) is 17.6 Å². The molecule has 0 amide bonds. The maximum atomic E-state index is 13.4. The van der Waals surface area contributed by atoms with Gasteiger partial charge in [-0.1, -0.05) is 0 Å². The van der Waals surface area contributed by atoms with Gasteiger partial charge in [0, 0.05) is 11.5 Å². The molecule has 0 bridgehead atoms. The molecular formula is C11H12F2O3S. The Morgan fingerprint density at radius 3 is 2.65 bits per heavy atom. The van der Waals surface area contributed by atoms with E-state index in [1.54, 1.807) is 0 Å². The summed E-state index contributed by atoms with van der Waals surface area (Å²) >= 11 is 0. The van der Waals surface area contributed by atoms with E-state index >= 15 is 0 Å². The second-order valence-corrected chi connectivity index (χ2v) is 6.50. The zero-order valence-corrected chi connectivity index (χ0v) is 9.75. The summed E-state index contributed by atoms with van der Waals surface area (Å²) in [6, 6.07) is 2.79. The van der Waals surface area contributed by atoms with Crippen molar-refractivity contribution in [2.24, 2.45) is 5.92 Å². The molecule has 2 unspecified atom stereocenters. The first kappa shape index (κ1) is 12.4. The molecule has 2 rings (SSSR count). The molecule has 1 N–H and O–H groups in total. The standard InChI is InChI=1S/C11H12F2O3S/c12-8-1-2-10(13)9(5-8)11(14)7-3-4-17(15,16)6-7/h1-2,5,7,11,14H,3-4,6H2. The zero-order chi connectivity index (χ0) is 12.6. The average Bonchev–Trinajstić information content (AvgIpc) is 2.61. The first-order valence-corrected chi connectivity index (χ1v) is 7.04. The summed E-state index contributed by atoms with van der Waals surface area (Å²) in [6.45, 7) is 0. The van der Waals surface area contributed by atoms with Gasteiger partial charge in [0.25, 0.3) is 0 Å². The minimum absolute atomic E-state index is 0.00827. The van der Waals surface area contributed by atoms with Gasteiger partial charge < -0.3 is 5.11 Å². The van der Waals surface area contributed by atoms with E-state index in [1.165, 1.54) is 0 Å². The normalized spacial score (nSPS) is 24.8. The fraction of sp³-hybridized carbons (Fsp3) is 0.455. The van der Waals surface area contributed by atoms with Crippen LogP contribution in [0.2, 0.25) is 0 Å². The highest BCUT2D eigenvalue weighted by molar-refractivity contribution is 7.91. The molecule has 0 radical (unpaired) electrons. The van der Waals surface area contributed by atoms with Crippen LogP contribution in [-0.4, -0.2) is 25.0 Å². The molecule has 1 heterocycles. The Morgan fingerprint density at radius 2 is 2.06 bits per heavy atom. The van der Waals surface area contributed by atoms with Crippen molar-refractivity contribution in [1.82, 2.24) is 0 Å². The fourth-order valence-electron chi connectivity index (χ4n) is 2.07. The van der Waals surface area contributed by atoms with Crippen molar-refractivity contribution in [1.29, 1.82) is 0 Å². The molecular weight excluding hydrogens is 250 g/mol. The third-order valence-corrected chi connectivity index (χ3v) is 4.78. The SMILES string of the molecule is O=S1(=O)CCC(C(O)c2cc(F)ccc2F)C1. The zero-order valence-electron chi connectivity index (χ0n) is 8.94. The molecule has 17 heavy (non-hydrogen) atoms. The van der Waals surface area contributed by atoms with Crippen LogP contribution in [0.3, 0.4) is 0 Å². The number of halogens is 2. The number of sulfone groups is 1. The Morgan fingerprint density at radius 1 is 1.35 bits per heavy atom. The second kappa shape index (κ2) is 4.34. The van der Waals surface area contributed by atoms with E-state index in [0.717, 1.165) is 18.2 Å². The van der Waals surface area contributed by atoms with Gasteiger partial charge in [-0.25, -0.2) is 17.2 Å².